The average molecular weight is 265 g/mol. The van der Waals surface area contributed by atoms with Crippen LogP contribution in [-0.2, 0) is 0 Å². The summed E-state index contributed by atoms with van der Waals surface area (Å²) in [4.78, 5) is 20.5. The number of carbonyl (C=O) groups is 1. The first-order valence-electron chi connectivity index (χ1n) is 6.05. The molecule has 0 fully saturated rings. The van der Waals surface area contributed by atoms with Crippen molar-refractivity contribution in [1.29, 1.82) is 0 Å². The molecular weight excluding hydrogens is 254 g/mol. The van der Waals surface area contributed by atoms with Gasteiger partial charge in [0.2, 0.25) is 11.6 Å². The Balaban J connectivity index is 2.02. The molecule has 2 heterocycles. The normalized spacial score (nSPS) is 10.4. The standard InChI is InChI=1S/C14H11N5O/c1-10-7-15-14(16-8-10)13(20)12-9-17-18-19(12)11-5-3-2-4-6-11/h2-9H,1H3. The number of para-hydroxylation sites is 1. The summed E-state index contributed by atoms with van der Waals surface area (Å²) < 4.78 is 1.48. The minimum Gasteiger partial charge on any atom is -0.283 e. The van der Waals surface area contributed by atoms with Crippen molar-refractivity contribution in [3.63, 3.8) is 0 Å². The number of rotatable bonds is 3. The lowest BCUT2D eigenvalue weighted by Crippen LogP contribution is -2.13. The van der Waals surface area contributed by atoms with Crippen LogP contribution in [0.15, 0.2) is 48.9 Å². The summed E-state index contributed by atoms with van der Waals surface area (Å²) in [7, 11) is 0. The van der Waals surface area contributed by atoms with Gasteiger partial charge in [-0.15, -0.1) is 5.10 Å². The van der Waals surface area contributed by atoms with E-state index in [0.29, 0.717) is 5.69 Å². The largest absolute Gasteiger partial charge is 0.283 e. The van der Waals surface area contributed by atoms with Gasteiger partial charge in [-0.3, -0.25) is 4.79 Å². The van der Waals surface area contributed by atoms with Crippen LogP contribution >= 0.6 is 0 Å². The Kier molecular flexibility index (Phi) is 3.04. The van der Waals surface area contributed by atoms with Gasteiger partial charge in [0.15, 0.2) is 0 Å². The quantitative estimate of drug-likeness (QED) is 0.672. The van der Waals surface area contributed by atoms with Crippen molar-refractivity contribution in [3.05, 3.63) is 66.0 Å². The second-order valence-corrected chi connectivity index (χ2v) is 4.28. The molecule has 0 unspecified atom stereocenters. The Bertz CT molecular complexity index is 734. The molecule has 6 nitrogen and oxygen atoms in total. The van der Waals surface area contributed by atoms with Crippen LogP contribution in [0.1, 0.15) is 21.9 Å². The maximum Gasteiger partial charge on any atom is 0.250 e. The van der Waals surface area contributed by atoms with Crippen molar-refractivity contribution in [2.24, 2.45) is 0 Å². The number of aromatic nitrogens is 5. The fourth-order valence-electron chi connectivity index (χ4n) is 1.77. The number of benzene rings is 1. The number of aryl methyl sites for hydroxylation is 1. The summed E-state index contributed by atoms with van der Waals surface area (Å²) in [6.07, 6.45) is 4.63. The molecule has 0 N–H and O–H groups in total. The second kappa shape index (κ2) is 5.00. The van der Waals surface area contributed by atoms with Crippen LogP contribution in [0.3, 0.4) is 0 Å². The molecule has 20 heavy (non-hydrogen) atoms. The van der Waals surface area contributed by atoms with Crippen molar-refractivity contribution >= 4 is 5.78 Å². The SMILES string of the molecule is Cc1cnc(C(=O)c2cnnn2-c2ccccc2)nc1. The fourth-order valence-corrected chi connectivity index (χ4v) is 1.77. The Labute approximate surface area is 115 Å². The molecule has 0 aliphatic rings. The zero-order valence-corrected chi connectivity index (χ0v) is 10.8. The molecule has 2 aromatic heterocycles. The molecule has 6 heteroatoms. The topological polar surface area (TPSA) is 73.6 Å². The lowest BCUT2D eigenvalue weighted by atomic mass is 10.2. The summed E-state index contributed by atoms with van der Waals surface area (Å²) in [6, 6.07) is 9.33. The van der Waals surface area contributed by atoms with Crippen molar-refractivity contribution in [2.75, 3.05) is 0 Å². The number of carbonyl (C=O) groups excluding carboxylic acids is 1. The molecule has 3 aromatic rings. The summed E-state index contributed by atoms with van der Waals surface area (Å²) in [5.74, 6) is -0.172. The van der Waals surface area contributed by atoms with Gasteiger partial charge in [-0.25, -0.2) is 14.6 Å². The molecule has 3 rings (SSSR count). The van der Waals surface area contributed by atoms with E-state index in [1.54, 1.807) is 12.4 Å². The van der Waals surface area contributed by atoms with Gasteiger partial charge >= 0.3 is 0 Å². The first kappa shape index (κ1) is 12.2. The van der Waals surface area contributed by atoms with Gasteiger partial charge in [-0.2, -0.15) is 0 Å². The molecule has 0 saturated carbocycles. The van der Waals surface area contributed by atoms with E-state index in [1.807, 2.05) is 37.3 Å². The monoisotopic (exact) mass is 265 g/mol. The van der Waals surface area contributed by atoms with Gasteiger partial charge in [0.05, 0.1) is 11.9 Å². The van der Waals surface area contributed by atoms with Crippen molar-refractivity contribution in [2.45, 2.75) is 6.92 Å². The Hall–Kier alpha value is -2.89. The van der Waals surface area contributed by atoms with Crippen molar-refractivity contribution in [1.82, 2.24) is 25.0 Å². The first-order chi connectivity index (χ1) is 9.75. The Morgan fingerprint density at radius 3 is 2.45 bits per heavy atom. The van der Waals surface area contributed by atoms with Gasteiger partial charge in [0.25, 0.3) is 0 Å². The summed E-state index contributed by atoms with van der Waals surface area (Å²) in [5.41, 5.74) is 2.00. The molecular formula is C14H11N5O. The smallest absolute Gasteiger partial charge is 0.250 e. The third-order valence-corrected chi connectivity index (χ3v) is 2.77. The van der Waals surface area contributed by atoms with E-state index < -0.39 is 0 Å². The maximum absolute atomic E-state index is 12.4. The van der Waals surface area contributed by atoms with Crippen LogP contribution in [0.2, 0.25) is 0 Å². The molecule has 0 saturated heterocycles. The molecule has 98 valence electrons. The van der Waals surface area contributed by atoms with Crippen LogP contribution in [0.25, 0.3) is 5.69 Å². The predicted octanol–water partition coefficient (Wildman–Crippen LogP) is 1.60. The van der Waals surface area contributed by atoms with Gasteiger partial charge in [0.1, 0.15) is 5.69 Å². The second-order valence-electron chi connectivity index (χ2n) is 4.28. The van der Waals surface area contributed by atoms with Crippen LogP contribution in [0, 0.1) is 6.92 Å². The minimum absolute atomic E-state index is 0.134. The van der Waals surface area contributed by atoms with E-state index in [4.69, 9.17) is 0 Å². The predicted molar refractivity (Wildman–Crippen MR) is 71.6 cm³/mol. The van der Waals surface area contributed by atoms with Crippen LogP contribution in [-0.4, -0.2) is 30.7 Å². The minimum atomic E-state index is -0.307. The van der Waals surface area contributed by atoms with Crippen molar-refractivity contribution in [3.8, 4) is 5.69 Å². The first-order valence-corrected chi connectivity index (χ1v) is 6.05. The molecule has 0 spiro atoms. The summed E-state index contributed by atoms with van der Waals surface area (Å²) >= 11 is 0. The van der Waals surface area contributed by atoms with Crippen LogP contribution < -0.4 is 0 Å². The van der Waals surface area contributed by atoms with E-state index in [-0.39, 0.29) is 11.6 Å². The van der Waals surface area contributed by atoms with E-state index in [0.717, 1.165) is 11.3 Å². The molecule has 1 aromatic carbocycles. The van der Waals surface area contributed by atoms with Gasteiger partial charge in [0, 0.05) is 12.4 Å². The van der Waals surface area contributed by atoms with Gasteiger partial charge in [-0.05, 0) is 24.6 Å². The number of ketones is 1. The zero-order valence-electron chi connectivity index (χ0n) is 10.8. The molecule has 0 atom stereocenters. The third kappa shape index (κ3) is 2.18. The van der Waals surface area contributed by atoms with E-state index in [1.165, 1.54) is 10.9 Å². The highest BCUT2D eigenvalue weighted by atomic mass is 16.1. The summed E-state index contributed by atoms with van der Waals surface area (Å²) in [6.45, 7) is 1.87. The van der Waals surface area contributed by atoms with Gasteiger partial charge in [-0.1, -0.05) is 23.4 Å². The highest BCUT2D eigenvalue weighted by Gasteiger charge is 2.18. The van der Waals surface area contributed by atoms with Gasteiger partial charge < -0.3 is 0 Å². The Morgan fingerprint density at radius 1 is 1.05 bits per heavy atom. The van der Waals surface area contributed by atoms with Crippen LogP contribution in [0.4, 0.5) is 0 Å². The number of hydrogen-bond acceptors (Lipinski definition) is 5. The highest BCUT2D eigenvalue weighted by molar-refractivity contribution is 6.05. The highest BCUT2D eigenvalue weighted by Crippen LogP contribution is 2.11. The van der Waals surface area contributed by atoms with E-state index >= 15 is 0 Å². The Morgan fingerprint density at radius 2 is 1.75 bits per heavy atom. The van der Waals surface area contributed by atoms with E-state index in [2.05, 4.69) is 20.3 Å². The van der Waals surface area contributed by atoms with Crippen LogP contribution in [0.5, 0.6) is 0 Å². The average Bonchev–Trinajstić information content (AvgIpc) is 2.97. The molecule has 0 radical (unpaired) electrons. The number of hydrogen-bond donors (Lipinski definition) is 0. The number of nitrogens with zero attached hydrogens (tertiary/aromatic N) is 5. The lowest BCUT2D eigenvalue weighted by molar-refractivity contribution is 0.102. The molecule has 0 bridgehead atoms. The summed E-state index contributed by atoms with van der Waals surface area (Å²) in [5, 5.41) is 7.74. The lowest BCUT2D eigenvalue weighted by Gasteiger charge is -2.04. The zero-order chi connectivity index (χ0) is 13.9. The molecule has 0 amide bonds. The molecule has 0 aliphatic carbocycles. The molecule has 0 aliphatic heterocycles. The van der Waals surface area contributed by atoms with E-state index in [9.17, 15) is 4.79 Å². The van der Waals surface area contributed by atoms with Crippen molar-refractivity contribution < 1.29 is 4.79 Å². The third-order valence-electron chi connectivity index (χ3n) is 2.77. The fraction of sp³-hybridized carbons (Fsp3) is 0.0714. The maximum atomic E-state index is 12.4.